The van der Waals surface area contributed by atoms with E-state index in [0.717, 1.165) is 25.0 Å². The van der Waals surface area contributed by atoms with Crippen LogP contribution in [0.5, 0.6) is 0 Å². The Balaban J connectivity index is 1.82. The van der Waals surface area contributed by atoms with Gasteiger partial charge in [0.15, 0.2) is 5.76 Å². The molecule has 0 fully saturated rings. The van der Waals surface area contributed by atoms with Crippen molar-refractivity contribution in [3.05, 3.63) is 35.9 Å². The minimum atomic E-state index is -0.246. The monoisotopic (exact) mass is 262 g/mol. The summed E-state index contributed by atoms with van der Waals surface area (Å²) >= 11 is 0. The minimum Gasteiger partial charge on any atom is -0.459 e. The second-order valence-corrected chi connectivity index (χ2v) is 6.12. The van der Waals surface area contributed by atoms with Crippen LogP contribution in [0, 0.1) is 11.3 Å². The lowest BCUT2D eigenvalue weighted by Gasteiger charge is -2.33. The van der Waals surface area contributed by atoms with Gasteiger partial charge in [0.2, 0.25) is 0 Å². The van der Waals surface area contributed by atoms with Crippen molar-refractivity contribution in [2.24, 2.45) is 11.3 Å². The fourth-order valence-corrected chi connectivity index (χ4v) is 2.34. The van der Waals surface area contributed by atoms with Crippen LogP contribution in [0.15, 0.2) is 34.6 Å². The molecule has 0 spiro atoms. The summed E-state index contributed by atoms with van der Waals surface area (Å²) in [5, 5.41) is 0. The first-order chi connectivity index (χ1) is 8.97. The molecule has 1 aromatic heterocycles. The molecule has 4 heteroatoms. The predicted molar refractivity (Wildman–Crippen MR) is 74.2 cm³/mol. The molecule has 1 atom stereocenters. The van der Waals surface area contributed by atoms with E-state index in [1.165, 1.54) is 6.26 Å². The van der Waals surface area contributed by atoms with E-state index in [-0.39, 0.29) is 5.91 Å². The summed E-state index contributed by atoms with van der Waals surface area (Å²) in [5.74, 6) is 0.777. The molecule has 1 aromatic rings. The second-order valence-electron chi connectivity index (χ2n) is 6.12. The van der Waals surface area contributed by atoms with Crippen molar-refractivity contribution in [3.63, 3.8) is 0 Å². The molecule has 1 heterocycles. The van der Waals surface area contributed by atoms with Crippen molar-refractivity contribution in [1.29, 1.82) is 0 Å². The van der Waals surface area contributed by atoms with Crippen LogP contribution in [0.1, 0.15) is 50.6 Å². The van der Waals surface area contributed by atoms with Gasteiger partial charge in [0, 0.05) is 5.70 Å². The van der Waals surface area contributed by atoms with Gasteiger partial charge in [-0.1, -0.05) is 26.8 Å². The van der Waals surface area contributed by atoms with Crippen LogP contribution in [0.2, 0.25) is 0 Å². The average molecular weight is 262 g/mol. The summed E-state index contributed by atoms with van der Waals surface area (Å²) in [7, 11) is 0. The van der Waals surface area contributed by atoms with Crippen molar-refractivity contribution < 1.29 is 9.21 Å². The highest BCUT2D eigenvalue weighted by atomic mass is 16.3. The zero-order chi connectivity index (χ0) is 13.9. The molecule has 2 N–H and O–H groups in total. The molecule has 0 bridgehead atoms. The first-order valence-electron chi connectivity index (χ1n) is 6.75. The Hall–Kier alpha value is -1.71. The van der Waals surface area contributed by atoms with E-state index in [4.69, 9.17) is 4.42 Å². The topological polar surface area (TPSA) is 54.3 Å². The van der Waals surface area contributed by atoms with E-state index in [1.807, 2.05) is 0 Å². The fourth-order valence-electron chi connectivity index (χ4n) is 2.34. The lowest BCUT2D eigenvalue weighted by Crippen LogP contribution is -2.37. The summed E-state index contributed by atoms with van der Waals surface area (Å²) in [6.07, 6.45) is 6.85. The molecule has 4 nitrogen and oxygen atoms in total. The highest BCUT2D eigenvalue weighted by Crippen LogP contribution is 2.36. The number of rotatable bonds is 3. The second kappa shape index (κ2) is 5.51. The number of carbonyl (C=O) groups is 1. The SMILES string of the molecule is CC(C)(C)C1CC=C(NNC(=O)c2ccco2)CC1. The average Bonchev–Trinajstić information content (AvgIpc) is 2.89. The van der Waals surface area contributed by atoms with Crippen LogP contribution in [0.4, 0.5) is 0 Å². The first-order valence-corrected chi connectivity index (χ1v) is 6.75. The molecular weight excluding hydrogens is 240 g/mol. The molecule has 19 heavy (non-hydrogen) atoms. The first kappa shape index (κ1) is 13.7. The van der Waals surface area contributed by atoms with Crippen LogP contribution in [-0.4, -0.2) is 5.91 Å². The molecule has 0 aliphatic heterocycles. The number of carbonyl (C=O) groups excluding carboxylic acids is 1. The molecule has 0 saturated carbocycles. The van der Waals surface area contributed by atoms with Crippen LogP contribution in [0.3, 0.4) is 0 Å². The van der Waals surface area contributed by atoms with E-state index < -0.39 is 0 Å². The number of allylic oxidation sites excluding steroid dienone is 2. The maximum absolute atomic E-state index is 11.7. The largest absolute Gasteiger partial charge is 0.459 e. The molecule has 1 aliphatic rings. The maximum Gasteiger partial charge on any atom is 0.305 e. The van der Waals surface area contributed by atoms with Crippen molar-refractivity contribution in [2.75, 3.05) is 0 Å². The number of furan rings is 1. The van der Waals surface area contributed by atoms with Crippen molar-refractivity contribution in [3.8, 4) is 0 Å². The smallest absolute Gasteiger partial charge is 0.305 e. The Morgan fingerprint density at radius 2 is 2.21 bits per heavy atom. The van der Waals surface area contributed by atoms with E-state index in [2.05, 4.69) is 37.7 Å². The highest BCUT2D eigenvalue weighted by Gasteiger charge is 2.26. The van der Waals surface area contributed by atoms with Crippen molar-refractivity contribution in [1.82, 2.24) is 10.9 Å². The highest BCUT2D eigenvalue weighted by molar-refractivity contribution is 5.91. The minimum absolute atomic E-state index is 0.246. The van der Waals surface area contributed by atoms with Gasteiger partial charge in [-0.25, -0.2) is 0 Å². The number of hydrazine groups is 1. The Morgan fingerprint density at radius 1 is 1.42 bits per heavy atom. The summed E-state index contributed by atoms with van der Waals surface area (Å²) in [5.41, 5.74) is 7.07. The van der Waals surface area contributed by atoms with Crippen LogP contribution in [-0.2, 0) is 0 Å². The third kappa shape index (κ3) is 3.63. The van der Waals surface area contributed by atoms with Crippen molar-refractivity contribution >= 4 is 5.91 Å². The van der Waals surface area contributed by atoms with Gasteiger partial charge in [-0.05, 0) is 42.7 Å². The molecule has 104 valence electrons. The third-order valence-electron chi connectivity index (χ3n) is 3.72. The van der Waals surface area contributed by atoms with Gasteiger partial charge in [-0.3, -0.25) is 10.2 Å². The third-order valence-corrected chi connectivity index (χ3v) is 3.72. The van der Waals surface area contributed by atoms with E-state index in [0.29, 0.717) is 17.1 Å². The van der Waals surface area contributed by atoms with Crippen LogP contribution >= 0.6 is 0 Å². The Kier molecular flexibility index (Phi) is 3.98. The van der Waals surface area contributed by atoms with Gasteiger partial charge in [0.05, 0.1) is 6.26 Å². The van der Waals surface area contributed by atoms with Gasteiger partial charge in [-0.15, -0.1) is 0 Å². The van der Waals surface area contributed by atoms with E-state index >= 15 is 0 Å². The van der Waals surface area contributed by atoms with Crippen LogP contribution < -0.4 is 10.9 Å². The molecule has 0 radical (unpaired) electrons. The van der Waals surface area contributed by atoms with Gasteiger partial charge < -0.3 is 9.84 Å². The molecule has 1 unspecified atom stereocenters. The quantitative estimate of drug-likeness (QED) is 0.822. The zero-order valence-corrected chi connectivity index (χ0v) is 11.8. The molecule has 0 aromatic carbocycles. The summed E-state index contributed by atoms with van der Waals surface area (Å²) < 4.78 is 5.03. The molecule has 0 saturated heterocycles. The molecule has 2 rings (SSSR count). The number of nitrogens with one attached hydrogen (secondary N) is 2. The van der Waals surface area contributed by atoms with E-state index in [9.17, 15) is 4.79 Å². The van der Waals surface area contributed by atoms with Gasteiger partial charge in [0.25, 0.3) is 0 Å². The lowest BCUT2D eigenvalue weighted by atomic mass is 9.74. The number of hydrogen-bond acceptors (Lipinski definition) is 3. The summed E-state index contributed by atoms with van der Waals surface area (Å²) in [6, 6.07) is 3.34. The van der Waals surface area contributed by atoms with Crippen molar-refractivity contribution in [2.45, 2.75) is 40.0 Å². The zero-order valence-electron chi connectivity index (χ0n) is 11.8. The summed E-state index contributed by atoms with van der Waals surface area (Å²) in [6.45, 7) is 6.84. The standard InChI is InChI=1S/C15H22N2O2/c1-15(2,3)11-6-8-12(9-7-11)16-17-14(18)13-5-4-10-19-13/h4-5,8,10-11,16H,6-7,9H2,1-3H3,(H,17,18). The lowest BCUT2D eigenvalue weighted by molar-refractivity contribution is 0.0909. The van der Waals surface area contributed by atoms with Gasteiger partial charge in [-0.2, -0.15) is 0 Å². The Bertz CT molecular complexity index is 455. The molecule has 1 amide bonds. The maximum atomic E-state index is 11.7. The predicted octanol–water partition coefficient (Wildman–Crippen LogP) is 3.24. The Labute approximate surface area is 114 Å². The summed E-state index contributed by atoms with van der Waals surface area (Å²) in [4.78, 5) is 11.7. The van der Waals surface area contributed by atoms with E-state index in [1.54, 1.807) is 12.1 Å². The number of hydrogen-bond donors (Lipinski definition) is 2. The number of amides is 1. The van der Waals surface area contributed by atoms with Gasteiger partial charge in [0.1, 0.15) is 0 Å². The van der Waals surface area contributed by atoms with Gasteiger partial charge >= 0.3 is 5.91 Å². The molecular formula is C15H22N2O2. The molecule has 1 aliphatic carbocycles. The fraction of sp³-hybridized carbons (Fsp3) is 0.533. The van der Waals surface area contributed by atoms with Crippen LogP contribution in [0.25, 0.3) is 0 Å². The Morgan fingerprint density at radius 3 is 2.74 bits per heavy atom. The normalized spacial score (nSPS) is 19.7.